The number of aromatic hydroxyl groups is 2. The maximum Gasteiger partial charge on any atom is 2.00 e. The number of hydrogen-bond donors (Lipinski definition) is 2. The third-order valence-corrected chi connectivity index (χ3v) is 7.23. The van der Waals surface area contributed by atoms with E-state index in [0.717, 1.165) is 39.1 Å². The molecule has 0 atom stereocenters. The SMILES string of the molecule is CC(C)(C)c1cc(C(c2ccccn2)c2cc(C(C)(C)C)cc(C(C)(C)C)c2O)c(O)c(C(C)(C)C)c1.[Cl-].[Cl-].[Ti+2]. The Kier molecular flexibility index (Phi) is 12.7. The van der Waals surface area contributed by atoms with Crippen LogP contribution in [-0.2, 0) is 43.4 Å². The molecule has 0 radical (unpaired) electrons. The molecule has 0 aliphatic rings. The topological polar surface area (TPSA) is 53.4 Å². The van der Waals surface area contributed by atoms with Gasteiger partial charge in [-0.05, 0) is 56.0 Å². The number of aromatic nitrogens is 1. The molecule has 0 aliphatic carbocycles. The number of rotatable bonds is 3. The number of phenols is 2. The summed E-state index contributed by atoms with van der Waals surface area (Å²) in [4.78, 5) is 4.76. The molecule has 0 spiro atoms. The predicted molar refractivity (Wildman–Crippen MR) is 156 cm³/mol. The van der Waals surface area contributed by atoms with E-state index in [2.05, 4.69) is 107 Å². The van der Waals surface area contributed by atoms with Crippen LogP contribution in [0.15, 0.2) is 48.7 Å². The van der Waals surface area contributed by atoms with Crippen LogP contribution < -0.4 is 24.8 Å². The van der Waals surface area contributed by atoms with E-state index in [-0.39, 0.29) is 79.7 Å². The van der Waals surface area contributed by atoms with E-state index in [1.807, 2.05) is 18.2 Å². The molecule has 0 amide bonds. The maximum absolute atomic E-state index is 11.8. The molecule has 6 heteroatoms. The van der Waals surface area contributed by atoms with Crippen LogP contribution in [0.3, 0.4) is 0 Å². The molecule has 218 valence electrons. The number of benzene rings is 2. The van der Waals surface area contributed by atoms with Gasteiger partial charge >= 0.3 is 21.7 Å². The molecule has 0 saturated heterocycles. The molecule has 3 nitrogen and oxygen atoms in total. The van der Waals surface area contributed by atoms with Crippen molar-refractivity contribution in [2.75, 3.05) is 0 Å². The van der Waals surface area contributed by atoms with Crippen LogP contribution in [0.5, 0.6) is 11.5 Å². The van der Waals surface area contributed by atoms with Crippen molar-refractivity contribution in [2.45, 2.75) is 111 Å². The predicted octanol–water partition coefficient (Wildman–Crippen LogP) is 2.87. The molecule has 3 aromatic rings. The van der Waals surface area contributed by atoms with Crippen molar-refractivity contribution in [2.24, 2.45) is 0 Å². The fraction of sp³-hybridized carbons (Fsp3) is 0.500. The molecular formula is C34H47Cl2NO2Ti. The number of hydrogen-bond acceptors (Lipinski definition) is 3. The summed E-state index contributed by atoms with van der Waals surface area (Å²) in [5.74, 6) is 0.107. The Labute approximate surface area is 270 Å². The first-order valence-corrected chi connectivity index (χ1v) is 13.4. The van der Waals surface area contributed by atoms with Crippen molar-refractivity contribution in [1.82, 2.24) is 4.98 Å². The molecule has 0 saturated carbocycles. The molecular weight excluding hydrogens is 573 g/mol. The van der Waals surface area contributed by atoms with Crippen LogP contribution in [0, 0.1) is 0 Å². The van der Waals surface area contributed by atoms with Crippen molar-refractivity contribution in [3.8, 4) is 11.5 Å². The van der Waals surface area contributed by atoms with Gasteiger partial charge in [0.2, 0.25) is 0 Å². The Bertz CT molecular complexity index is 1200. The molecule has 0 unspecified atom stereocenters. The van der Waals surface area contributed by atoms with Crippen molar-refractivity contribution < 1.29 is 56.7 Å². The number of nitrogens with zero attached hydrogens (tertiary/aromatic N) is 1. The molecule has 0 aliphatic heterocycles. The minimum atomic E-state index is -0.437. The molecule has 1 heterocycles. The number of phenolic OH excluding ortho intramolecular Hbond substituents is 2. The molecule has 2 aromatic carbocycles. The third-order valence-electron chi connectivity index (χ3n) is 7.23. The van der Waals surface area contributed by atoms with Crippen LogP contribution in [0.25, 0.3) is 0 Å². The first-order valence-electron chi connectivity index (χ1n) is 13.4. The number of halogens is 2. The van der Waals surface area contributed by atoms with Crippen molar-refractivity contribution in [1.29, 1.82) is 0 Å². The van der Waals surface area contributed by atoms with Crippen molar-refractivity contribution >= 4 is 0 Å². The van der Waals surface area contributed by atoms with E-state index in [4.69, 9.17) is 4.98 Å². The average molecular weight is 621 g/mol. The minimum absolute atomic E-state index is 0. The number of pyridine rings is 1. The summed E-state index contributed by atoms with van der Waals surface area (Å²) < 4.78 is 0. The zero-order valence-corrected chi connectivity index (χ0v) is 29.4. The zero-order chi connectivity index (χ0) is 28.1. The van der Waals surface area contributed by atoms with E-state index >= 15 is 0 Å². The smallest absolute Gasteiger partial charge is 1.00 e. The van der Waals surface area contributed by atoms with Crippen LogP contribution >= 0.6 is 0 Å². The van der Waals surface area contributed by atoms with Gasteiger partial charge in [0.15, 0.2) is 0 Å². The van der Waals surface area contributed by atoms with Gasteiger partial charge in [-0.25, -0.2) is 0 Å². The fourth-order valence-corrected chi connectivity index (χ4v) is 4.80. The van der Waals surface area contributed by atoms with Gasteiger partial charge in [0, 0.05) is 17.3 Å². The van der Waals surface area contributed by atoms with Gasteiger partial charge in [0.1, 0.15) is 11.5 Å². The molecule has 3 rings (SSSR count). The normalized spacial score (nSPS) is 12.3. The second kappa shape index (κ2) is 13.2. The molecule has 0 bridgehead atoms. The van der Waals surface area contributed by atoms with Gasteiger partial charge in [-0.15, -0.1) is 0 Å². The average Bonchev–Trinajstić information content (AvgIpc) is 2.73. The molecule has 0 fully saturated rings. The van der Waals surface area contributed by atoms with Crippen molar-refractivity contribution in [3.63, 3.8) is 0 Å². The summed E-state index contributed by atoms with van der Waals surface area (Å²) >= 11 is 0. The van der Waals surface area contributed by atoms with Gasteiger partial charge in [-0.2, -0.15) is 0 Å². The zero-order valence-electron chi connectivity index (χ0n) is 26.3. The second-order valence-electron chi connectivity index (χ2n) is 14.6. The second-order valence-corrected chi connectivity index (χ2v) is 14.6. The van der Waals surface area contributed by atoms with Gasteiger partial charge in [0.05, 0.1) is 11.6 Å². The summed E-state index contributed by atoms with van der Waals surface area (Å²) in [6.07, 6.45) is 1.78. The van der Waals surface area contributed by atoms with Gasteiger partial charge in [-0.1, -0.05) is 113 Å². The Morgan fingerprint density at radius 3 is 1.23 bits per heavy atom. The molecule has 1 aromatic heterocycles. The van der Waals surface area contributed by atoms with Gasteiger partial charge in [0.25, 0.3) is 0 Å². The summed E-state index contributed by atoms with van der Waals surface area (Å²) in [6, 6.07) is 14.4. The monoisotopic (exact) mass is 619 g/mol. The van der Waals surface area contributed by atoms with E-state index in [9.17, 15) is 10.2 Å². The first kappa shape index (κ1) is 38.5. The van der Waals surface area contributed by atoms with Gasteiger partial charge in [-0.3, -0.25) is 4.98 Å². The van der Waals surface area contributed by atoms with E-state index in [1.54, 1.807) is 6.20 Å². The largest absolute Gasteiger partial charge is 2.00 e. The van der Waals surface area contributed by atoms with Crippen LogP contribution in [0.1, 0.15) is 128 Å². The summed E-state index contributed by atoms with van der Waals surface area (Å²) in [5, 5.41) is 23.7. The first-order chi connectivity index (χ1) is 16.7. The van der Waals surface area contributed by atoms with E-state index in [0.29, 0.717) is 0 Å². The summed E-state index contributed by atoms with van der Waals surface area (Å²) in [6.45, 7) is 25.9. The quantitative estimate of drug-likeness (QED) is 0.444. The Morgan fingerprint density at radius 1 is 0.575 bits per heavy atom. The van der Waals surface area contributed by atoms with Crippen LogP contribution in [0.4, 0.5) is 0 Å². The van der Waals surface area contributed by atoms with Crippen LogP contribution in [-0.4, -0.2) is 15.2 Å². The maximum atomic E-state index is 11.8. The Balaban J connectivity index is 0.00000507. The minimum Gasteiger partial charge on any atom is -1.00 e. The third kappa shape index (κ3) is 8.28. The standard InChI is InChI=1S/C34H47NO2.2ClH.Ti/c1-31(2,3)21-17-23(29(36)25(19-21)33(7,8)9)28(27-15-13-14-16-35-27)24-18-22(32(4,5)6)20-26(30(24)37)34(10,11)12;;;/h13-20,28,36-37H,1-12H3;2*1H;/q;;;+2/p-2. The Morgan fingerprint density at radius 2 is 0.950 bits per heavy atom. The van der Waals surface area contributed by atoms with E-state index < -0.39 is 5.92 Å². The summed E-state index contributed by atoms with van der Waals surface area (Å²) in [5.41, 5.74) is 5.67. The van der Waals surface area contributed by atoms with Gasteiger partial charge < -0.3 is 35.0 Å². The van der Waals surface area contributed by atoms with Crippen molar-refractivity contribution in [3.05, 3.63) is 87.7 Å². The Hall–Kier alpha value is -1.52. The summed E-state index contributed by atoms with van der Waals surface area (Å²) in [7, 11) is 0. The fourth-order valence-electron chi connectivity index (χ4n) is 4.80. The van der Waals surface area contributed by atoms with E-state index in [1.165, 1.54) is 0 Å². The van der Waals surface area contributed by atoms with Crippen LogP contribution in [0.2, 0.25) is 0 Å². The molecule has 40 heavy (non-hydrogen) atoms. The molecule has 2 N–H and O–H groups in total.